The second kappa shape index (κ2) is 5.73. The van der Waals surface area contributed by atoms with E-state index in [2.05, 4.69) is 13.2 Å². The number of hydrogen-bond acceptors (Lipinski definition) is 2. The Kier molecular flexibility index (Phi) is 4.50. The van der Waals surface area contributed by atoms with Gasteiger partial charge in [0, 0.05) is 6.42 Å². The van der Waals surface area contributed by atoms with Gasteiger partial charge in [0.25, 0.3) is 0 Å². The summed E-state index contributed by atoms with van der Waals surface area (Å²) in [4.78, 5) is 0. The molecule has 0 amide bonds. The third-order valence-corrected chi connectivity index (χ3v) is 1.86. The Morgan fingerprint density at radius 1 is 1.08 bits per heavy atom. The lowest BCUT2D eigenvalue weighted by Crippen LogP contribution is -2.14. The van der Waals surface area contributed by atoms with Crippen molar-refractivity contribution in [3.05, 3.63) is 37.5 Å². The highest BCUT2D eigenvalue weighted by atomic mass is 16.5. The van der Waals surface area contributed by atoms with Crippen molar-refractivity contribution >= 4 is 0 Å². The van der Waals surface area contributed by atoms with E-state index in [1.54, 1.807) is 12.2 Å². The number of rotatable bonds is 6. The molecular weight excluding hydrogens is 164 g/mol. The second-order valence-electron chi connectivity index (χ2n) is 2.94. The van der Waals surface area contributed by atoms with E-state index in [1.807, 2.05) is 12.2 Å². The molecule has 2 atom stereocenters. The van der Waals surface area contributed by atoms with E-state index in [0.717, 1.165) is 6.42 Å². The van der Waals surface area contributed by atoms with Crippen molar-refractivity contribution in [1.29, 1.82) is 0 Å². The molecule has 1 rings (SSSR count). The van der Waals surface area contributed by atoms with Crippen molar-refractivity contribution in [3.8, 4) is 0 Å². The normalized spacial score (nSPS) is 26.2. The molecule has 2 unspecified atom stereocenters. The average molecular weight is 180 g/mol. The van der Waals surface area contributed by atoms with E-state index < -0.39 is 0 Å². The average Bonchev–Trinajstić information content (AvgIpc) is 2.59. The van der Waals surface area contributed by atoms with Crippen LogP contribution in [0.5, 0.6) is 0 Å². The van der Waals surface area contributed by atoms with Gasteiger partial charge in [0.15, 0.2) is 0 Å². The minimum Gasteiger partial charge on any atom is -0.370 e. The molecule has 0 aromatic rings. The van der Waals surface area contributed by atoms with E-state index in [1.165, 1.54) is 0 Å². The van der Waals surface area contributed by atoms with Crippen LogP contribution in [-0.2, 0) is 9.47 Å². The molecule has 0 heterocycles. The Labute approximate surface area is 79.5 Å². The van der Waals surface area contributed by atoms with E-state index in [9.17, 15) is 0 Å². The van der Waals surface area contributed by atoms with Gasteiger partial charge in [0.2, 0.25) is 0 Å². The standard InChI is InChI=1S/C11H16O2/c1-3-7-12-10-5-6-11(9-10)13-8-4-2/h3-6,10-11H,1-2,7-9H2. The van der Waals surface area contributed by atoms with Crippen LogP contribution < -0.4 is 0 Å². The van der Waals surface area contributed by atoms with Crippen molar-refractivity contribution in [2.45, 2.75) is 18.6 Å². The first kappa shape index (κ1) is 10.2. The largest absolute Gasteiger partial charge is 0.370 e. The third kappa shape index (κ3) is 3.57. The lowest BCUT2D eigenvalue weighted by molar-refractivity contribution is 0.0531. The molecule has 0 saturated carbocycles. The molecule has 0 aliphatic heterocycles. The molecule has 1 aliphatic carbocycles. The van der Waals surface area contributed by atoms with E-state index in [4.69, 9.17) is 9.47 Å². The maximum atomic E-state index is 5.45. The highest BCUT2D eigenvalue weighted by Gasteiger charge is 2.18. The summed E-state index contributed by atoms with van der Waals surface area (Å²) in [6.45, 7) is 8.39. The molecule has 0 saturated heterocycles. The van der Waals surface area contributed by atoms with Gasteiger partial charge in [0.1, 0.15) is 0 Å². The van der Waals surface area contributed by atoms with Crippen LogP contribution in [0.25, 0.3) is 0 Å². The molecule has 0 aromatic carbocycles. The van der Waals surface area contributed by atoms with Gasteiger partial charge in [-0.1, -0.05) is 24.3 Å². The van der Waals surface area contributed by atoms with Crippen LogP contribution in [0.1, 0.15) is 6.42 Å². The van der Waals surface area contributed by atoms with Crippen LogP contribution in [0.2, 0.25) is 0 Å². The fourth-order valence-corrected chi connectivity index (χ4v) is 1.26. The molecule has 72 valence electrons. The van der Waals surface area contributed by atoms with Crippen LogP contribution in [-0.4, -0.2) is 25.4 Å². The van der Waals surface area contributed by atoms with Crippen molar-refractivity contribution in [2.75, 3.05) is 13.2 Å². The van der Waals surface area contributed by atoms with Gasteiger partial charge >= 0.3 is 0 Å². The topological polar surface area (TPSA) is 18.5 Å². The van der Waals surface area contributed by atoms with Crippen molar-refractivity contribution in [1.82, 2.24) is 0 Å². The highest BCUT2D eigenvalue weighted by molar-refractivity contribution is 5.05. The van der Waals surface area contributed by atoms with Gasteiger partial charge in [-0.2, -0.15) is 0 Å². The van der Waals surface area contributed by atoms with Gasteiger partial charge in [-0.15, -0.1) is 13.2 Å². The third-order valence-electron chi connectivity index (χ3n) is 1.86. The predicted octanol–water partition coefficient (Wildman–Crippen LogP) is 2.09. The van der Waals surface area contributed by atoms with Crippen LogP contribution >= 0.6 is 0 Å². The maximum Gasteiger partial charge on any atom is 0.0788 e. The first-order chi connectivity index (χ1) is 6.36. The summed E-state index contributed by atoms with van der Waals surface area (Å²) in [5, 5.41) is 0. The predicted molar refractivity (Wildman–Crippen MR) is 53.6 cm³/mol. The molecule has 0 bridgehead atoms. The summed E-state index contributed by atoms with van der Waals surface area (Å²) >= 11 is 0. The first-order valence-corrected chi connectivity index (χ1v) is 4.50. The Balaban J connectivity index is 2.17. The Hall–Kier alpha value is -0.860. The molecule has 0 N–H and O–H groups in total. The Bertz CT molecular complexity index is 176. The van der Waals surface area contributed by atoms with Gasteiger partial charge in [-0.05, 0) is 0 Å². The highest BCUT2D eigenvalue weighted by Crippen LogP contribution is 2.16. The molecule has 2 nitrogen and oxygen atoms in total. The van der Waals surface area contributed by atoms with Crippen molar-refractivity contribution in [3.63, 3.8) is 0 Å². The van der Waals surface area contributed by atoms with Crippen LogP contribution in [0.15, 0.2) is 37.5 Å². The summed E-state index contributed by atoms with van der Waals surface area (Å²) in [5.74, 6) is 0. The summed E-state index contributed by atoms with van der Waals surface area (Å²) < 4.78 is 10.9. The zero-order chi connectivity index (χ0) is 9.52. The zero-order valence-electron chi connectivity index (χ0n) is 7.82. The van der Waals surface area contributed by atoms with Crippen LogP contribution in [0.4, 0.5) is 0 Å². The lowest BCUT2D eigenvalue weighted by Gasteiger charge is -2.11. The van der Waals surface area contributed by atoms with Gasteiger partial charge in [-0.25, -0.2) is 0 Å². The zero-order valence-corrected chi connectivity index (χ0v) is 7.82. The summed E-state index contributed by atoms with van der Waals surface area (Å²) in [6, 6.07) is 0. The van der Waals surface area contributed by atoms with Crippen molar-refractivity contribution in [2.24, 2.45) is 0 Å². The molecule has 0 spiro atoms. The van der Waals surface area contributed by atoms with Gasteiger partial charge in [0.05, 0.1) is 25.4 Å². The molecule has 0 aromatic heterocycles. The van der Waals surface area contributed by atoms with Crippen LogP contribution in [0.3, 0.4) is 0 Å². The fraction of sp³-hybridized carbons (Fsp3) is 0.455. The van der Waals surface area contributed by atoms with Crippen LogP contribution in [0, 0.1) is 0 Å². The Morgan fingerprint density at radius 2 is 1.54 bits per heavy atom. The van der Waals surface area contributed by atoms with E-state index in [0.29, 0.717) is 13.2 Å². The SMILES string of the molecule is C=CCOC1C=CC(OCC=C)C1. The monoisotopic (exact) mass is 180 g/mol. The number of hydrogen-bond donors (Lipinski definition) is 0. The molecule has 2 heteroatoms. The minimum absolute atomic E-state index is 0.188. The lowest BCUT2D eigenvalue weighted by atomic mass is 10.3. The van der Waals surface area contributed by atoms with Crippen molar-refractivity contribution < 1.29 is 9.47 Å². The second-order valence-corrected chi connectivity index (χ2v) is 2.94. The maximum absolute atomic E-state index is 5.45. The minimum atomic E-state index is 0.188. The van der Waals surface area contributed by atoms with E-state index >= 15 is 0 Å². The molecule has 0 radical (unpaired) electrons. The molecule has 0 fully saturated rings. The Morgan fingerprint density at radius 3 is 1.92 bits per heavy atom. The first-order valence-electron chi connectivity index (χ1n) is 4.50. The fourth-order valence-electron chi connectivity index (χ4n) is 1.26. The number of ether oxygens (including phenoxy) is 2. The van der Waals surface area contributed by atoms with Gasteiger partial charge < -0.3 is 9.47 Å². The molecule has 1 aliphatic rings. The summed E-state index contributed by atoms with van der Waals surface area (Å²) in [7, 11) is 0. The summed E-state index contributed by atoms with van der Waals surface area (Å²) in [6.07, 6.45) is 8.87. The summed E-state index contributed by atoms with van der Waals surface area (Å²) in [5.41, 5.74) is 0. The molecular formula is C11H16O2. The molecule has 13 heavy (non-hydrogen) atoms. The quantitative estimate of drug-likeness (QED) is 0.583. The smallest absolute Gasteiger partial charge is 0.0788 e. The van der Waals surface area contributed by atoms with Gasteiger partial charge in [-0.3, -0.25) is 0 Å². The van der Waals surface area contributed by atoms with E-state index in [-0.39, 0.29) is 12.2 Å².